The third kappa shape index (κ3) is 11.0. The van der Waals surface area contributed by atoms with Gasteiger partial charge in [0.25, 0.3) is 0 Å². The van der Waals surface area contributed by atoms with Gasteiger partial charge in [-0.25, -0.2) is 9.59 Å². The van der Waals surface area contributed by atoms with E-state index < -0.39 is 24.3 Å². The molecule has 0 unspecified atom stereocenters. The number of aromatic amines is 1. The first-order chi connectivity index (χ1) is 14.8. The molecular weight excluding hydrogens is 470 g/mol. The Labute approximate surface area is 183 Å². The number of H-pyrrole nitrogens is 1. The summed E-state index contributed by atoms with van der Waals surface area (Å²) >= 11 is 2.10. The van der Waals surface area contributed by atoms with Gasteiger partial charge >= 0.3 is 24.3 Å². The Hall–Kier alpha value is -2.00. The first-order valence-corrected chi connectivity index (χ1v) is 10.6. The van der Waals surface area contributed by atoms with Gasteiger partial charge in [-0.05, 0) is 18.9 Å². The molecule has 3 rings (SSSR count). The topological polar surface area (TPSA) is 110 Å². The van der Waals surface area contributed by atoms with Crippen LogP contribution in [0.2, 0.25) is 0 Å². The monoisotopic (exact) mass is 494 g/mol. The Morgan fingerprint density at radius 2 is 1.47 bits per heavy atom. The van der Waals surface area contributed by atoms with E-state index in [4.69, 9.17) is 19.8 Å². The lowest BCUT2D eigenvalue weighted by molar-refractivity contribution is -0.193. The molecule has 184 valence electrons. The second-order valence-corrected chi connectivity index (χ2v) is 8.07. The molecule has 0 spiro atoms. The second-order valence-electron chi connectivity index (χ2n) is 6.84. The molecule has 3 heterocycles. The van der Waals surface area contributed by atoms with E-state index in [2.05, 4.69) is 37.8 Å². The first kappa shape index (κ1) is 28.0. The smallest absolute Gasteiger partial charge is 0.475 e. The molecule has 2 saturated heterocycles. The highest BCUT2D eigenvalue weighted by Gasteiger charge is 2.38. The number of carboxylic acid groups (broad SMARTS) is 2. The summed E-state index contributed by atoms with van der Waals surface area (Å²) in [6, 6.07) is 2.91. The molecule has 0 saturated carbocycles. The summed E-state index contributed by atoms with van der Waals surface area (Å²) < 4.78 is 63.5. The van der Waals surface area contributed by atoms with Crippen molar-refractivity contribution in [2.24, 2.45) is 0 Å². The molecule has 8 nitrogen and oxygen atoms in total. The summed E-state index contributed by atoms with van der Waals surface area (Å²) in [7, 11) is 0. The van der Waals surface area contributed by atoms with Crippen molar-refractivity contribution >= 4 is 23.7 Å². The Morgan fingerprint density at radius 1 is 1.00 bits per heavy atom. The molecule has 32 heavy (non-hydrogen) atoms. The summed E-state index contributed by atoms with van der Waals surface area (Å²) in [5.74, 6) is -2.86. The summed E-state index contributed by atoms with van der Waals surface area (Å²) in [5.41, 5.74) is 1.24. The molecule has 0 bridgehead atoms. The van der Waals surface area contributed by atoms with Crippen LogP contribution in [0.25, 0.3) is 0 Å². The van der Waals surface area contributed by atoms with E-state index >= 15 is 0 Å². The average Bonchev–Trinajstić information content (AvgIpc) is 3.22. The van der Waals surface area contributed by atoms with Gasteiger partial charge in [-0.1, -0.05) is 0 Å². The maximum atomic E-state index is 10.6. The van der Waals surface area contributed by atoms with Crippen LogP contribution in [0.4, 0.5) is 26.3 Å². The van der Waals surface area contributed by atoms with Gasteiger partial charge < -0.3 is 10.2 Å². The van der Waals surface area contributed by atoms with E-state index in [1.807, 2.05) is 6.20 Å². The van der Waals surface area contributed by atoms with Crippen molar-refractivity contribution in [2.45, 2.75) is 37.8 Å². The standard InChI is InChI=1S/C13H22N4S.2C2HF3O2/c1-4-14-15-12(1)11-16-5-2-13(3-6-16)17-7-9-18-10-8-17;2*3-2(4,5)1(6)7/h1,4,13H,2-3,5-11H2,(H,14,15);2*(H,6,7). The van der Waals surface area contributed by atoms with Crippen molar-refractivity contribution in [3.05, 3.63) is 18.0 Å². The van der Waals surface area contributed by atoms with Crippen LogP contribution in [-0.4, -0.2) is 98.2 Å². The Kier molecular flexibility index (Phi) is 11.3. The minimum Gasteiger partial charge on any atom is -0.475 e. The van der Waals surface area contributed by atoms with Crippen LogP contribution < -0.4 is 0 Å². The number of hydrogen-bond acceptors (Lipinski definition) is 6. The fourth-order valence-electron chi connectivity index (χ4n) is 3.00. The maximum absolute atomic E-state index is 10.6. The highest BCUT2D eigenvalue weighted by molar-refractivity contribution is 7.99. The van der Waals surface area contributed by atoms with Gasteiger partial charge in [-0.2, -0.15) is 43.2 Å². The van der Waals surface area contributed by atoms with Crippen molar-refractivity contribution in [3.63, 3.8) is 0 Å². The lowest BCUT2D eigenvalue weighted by Gasteiger charge is -2.39. The van der Waals surface area contributed by atoms with Crippen LogP contribution >= 0.6 is 11.8 Å². The van der Waals surface area contributed by atoms with Gasteiger partial charge in [0, 0.05) is 62.2 Å². The molecule has 0 aromatic carbocycles. The lowest BCUT2D eigenvalue weighted by Crippen LogP contribution is -2.47. The van der Waals surface area contributed by atoms with Crippen LogP contribution in [-0.2, 0) is 16.1 Å². The highest BCUT2D eigenvalue weighted by atomic mass is 32.2. The summed E-state index contributed by atoms with van der Waals surface area (Å²) in [4.78, 5) is 23.0. The van der Waals surface area contributed by atoms with Gasteiger partial charge in [-0.15, -0.1) is 0 Å². The molecule has 1 aromatic rings. The number of aromatic nitrogens is 2. The molecular formula is C17H24F6N4O4S. The van der Waals surface area contributed by atoms with E-state index in [0.29, 0.717) is 0 Å². The fourth-order valence-corrected chi connectivity index (χ4v) is 3.93. The number of carboxylic acids is 2. The third-order valence-electron chi connectivity index (χ3n) is 4.56. The number of nitrogens with one attached hydrogen (secondary N) is 1. The molecule has 15 heteroatoms. The molecule has 2 aliphatic rings. The number of aliphatic carboxylic acids is 2. The number of rotatable bonds is 3. The Bertz CT molecular complexity index is 664. The van der Waals surface area contributed by atoms with E-state index in [-0.39, 0.29) is 0 Å². The minimum absolute atomic E-state index is 0.837. The van der Waals surface area contributed by atoms with Crippen LogP contribution in [0.15, 0.2) is 12.3 Å². The number of piperidine rings is 1. The predicted molar refractivity (Wildman–Crippen MR) is 103 cm³/mol. The normalized spacial score (nSPS) is 18.7. The number of carbonyl (C=O) groups is 2. The minimum atomic E-state index is -5.08. The number of likely N-dealkylation sites (tertiary alicyclic amines) is 1. The molecule has 2 aliphatic heterocycles. The molecule has 3 N–H and O–H groups in total. The maximum Gasteiger partial charge on any atom is 0.490 e. The van der Waals surface area contributed by atoms with Crippen LogP contribution in [0.3, 0.4) is 0 Å². The Morgan fingerprint density at radius 3 is 1.84 bits per heavy atom. The van der Waals surface area contributed by atoms with Crippen molar-refractivity contribution < 1.29 is 46.1 Å². The van der Waals surface area contributed by atoms with Crippen molar-refractivity contribution in [1.82, 2.24) is 20.0 Å². The zero-order valence-corrected chi connectivity index (χ0v) is 17.6. The lowest BCUT2D eigenvalue weighted by atomic mass is 10.0. The zero-order chi connectivity index (χ0) is 24.4. The van der Waals surface area contributed by atoms with Gasteiger partial charge in [0.15, 0.2) is 0 Å². The highest BCUT2D eigenvalue weighted by Crippen LogP contribution is 2.21. The van der Waals surface area contributed by atoms with E-state index in [0.717, 1.165) is 12.6 Å². The summed E-state index contributed by atoms with van der Waals surface area (Å²) in [6.45, 7) is 6.09. The third-order valence-corrected chi connectivity index (χ3v) is 5.50. The molecule has 0 radical (unpaired) electrons. The van der Waals surface area contributed by atoms with E-state index in [9.17, 15) is 26.3 Å². The number of alkyl halides is 6. The average molecular weight is 494 g/mol. The quantitative estimate of drug-likeness (QED) is 0.551. The molecule has 0 amide bonds. The molecule has 0 atom stereocenters. The summed E-state index contributed by atoms with van der Waals surface area (Å²) in [6.07, 6.45) is -5.66. The van der Waals surface area contributed by atoms with Crippen LogP contribution in [0, 0.1) is 0 Å². The molecule has 2 fully saturated rings. The van der Waals surface area contributed by atoms with Gasteiger partial charge in [0.2, 0.25) is 0 Å². The number of thioether (sulfide) groups is 1. The fraction of sp³-hybridized carbons (Fsp3) is 0.706. The first-order valence-electron chi connectivity index (χ1n) is 9.43. The second kappa shape index (κ2) is 12.9. The SMILES string of the molecule is O=C(O)C(F)(F)F.O=C(O)C(F)(F)F.c1cc(CN2CCC(N3CCSCC3)CC2)[nH]n1. The van der Waals surface area contributed by atoms with E-state index in [1.165, 1.54) is 56.2 Å². The van der Waals surface area contributed by atoms with E-state index in [1.54, 1.807) is 0 Å². The van der Waals surface area contributed by atoms with Crippen LogP contribution in [0.5, 0.6) is 0 Å². The number of nitrogens with zero attached hydrogens (tertiary/aromatic N) is 3. The van der Waals surface area contributed by atoms with Gasteiger partial charge in [-0.3, -0.25) is 14.9 Å². The predicted octanol–water partition coefficient (Wildman–Crippen LogP) is 2.69. The largest absolute Gasteiger partial charge is 0.490 e. The Balaban J connectivity index is 0.000000305. The number of hydrogen-bond donors (Lipinski definition) is 3. The van der Waals surface area contributed by atoms with Crippen molar-refractivity contribution in [3.8, 4) is 0 Å². The van der Waals surface area contributed by atoms with Gasteiger partial charge in [0.05, 0.1) is 0 Å². The molecule has 0 aliphatic carbocycles. The van der Waals surface area contributed by atoms with Crippen LogP contribution in [0.1, 0.15) is 18.5 Å². The zero-order valence-electron chi connectivity index (χ0n) is 16.8. The number of halogens is 6. The van der Waals surface area contributed by atoms with Crippen molar-refractivity contribution in [1.29, 1.82) is 0 Å². The van der Waals surface area contributed by atoms with Crippen molar-refractivity contribution in [2.75, 3.05) is 37.7 Å². The molecule has 1 aromatic heterocycles. The summed E-state index contributed by atoms with van der Waals surface area (Å²) in [5, 5.41) is 21.3. The van der Waals surface area contributed by atoms with Gasteiger partial charge in [0.1, 0.15) is 0 Å².